The van der Waals surface area contributed by atoms with Crippen molar-refractivity contribution in [2.75, 3.05) is 7.11 Å². The SMILES string of the molecule is COC(=O)C(C)c1cccc(SC(C)C)c1. The highest BCUT2D eigenvalue weighted by atomic mass is 32.2. The van der Waals surface area contributed by atoms with E-state index in [4.69, 9.17) is 4.74 Å². The lowest BCUT2D eigenvalue weighted by molar-refractivity contribution is -0.141. The van der Waals surface area contributed by atoms with Crippen LogP contribution in [0, 0.1) is 0 Å². The highest BCUT2D eigenvalue weighted by Crippen LogP contribution is 2.26. The number of benzene rings is 1. The summed E-state index contributed by atoms with van der Waals surface area (Å²) in [4.78, 5) is 12.6. The fourth-order valence-corrected chi connectivity index (χ4v) is 2.35. The maximum atomic E-state index is 11.4. The first kappa shape index (κ1) is 13.1. The van der Waals surface area contributed by atoms with E-state index in [9.17, 15) is 4.79 Å². The first-order chi connectivity index (χ1) is 7.54. The van der Waals surface area contributed by atoms with Crippen molar-refractivity contribution in [2.45, 2.75) is 36.8 Å². The summed E-state index contributed by atoms with van der Waals surface area (Å²) in [6.07, 6.45) is 0. The zero-order valence-corrected chi connectivity index (χ0v) is 11.0. The molecule has 0 bridgehead atoms. The minimum absolute atomic E-state index is 0.188. The van der Waals surface area contributed by atoms with Gasteiger partial charge in [0.2, 0.25) is 0 Å². The molecule has 1 unspecified atom stereocenters. The Morgan fingerprint density at radius 1 is 1.31 bits per heavy atom. The Kier molecular flexibility index (Phi) is 4.87. The number of thioether (sulfide) groups is 1. The summed E-state index contributed by atoms with van der Waals surface area (Å²) in [7, 11) is 1.42. The topological polar surface area (TPSA) is 26.3 Å². The maximum absolute atomic E-state index is 11.4. The average molecular weight is 238 g/mol. The molecule has 0 heterocycles. The summed E-state index contributed by atoms with van der Waals surface area (Å²) in [5.41, 5.74) is 1.01. The predicted octanol–water partition coefficient (Wildman–Crippen LogP) is 3.46. The first-order valence-electron chi connectivity index (χ1n) is 5.39. The quantitative estimate of drug-likeness (QED) is 0.593. The van der Waals surface area contributed by atoms with Gasteiger partial charge in [0.05, 0.1) is 13.0 Å². The van der Waals surface area contributed by atoms with Gasteiger partial charge >= 0.3 is 5.97 Å². The van der Waals surface area contributed by atoms with Gasteiger partial charge in [-0.25, -0.2) is 0 Å². The van der Waals surface area contributed by atoms with Crippen molar-refractivity contribution >= 4 is 17.7 Å². The van der Waals surface area contributed by atoms with Crippen LogP contribution in [0.3, 0.4) is 0 Å². The van der Waals surface area contributed by atoms with Gasteiger partial charge in [-0.05, 0) is 24.6 Å². The molecule has 0 aliphatic carbocycles. The van der Waals surface area contributed by atoms with Crippen LogP contribution in [0.2, 0.25) is 0 Å². The second-order valence-corrected chi connectivity index (χ2v) is 5.63. The van der Waals surface area contributed by atoms with Crippen LogP contribution in [0.4, 0.5) is 0 Å². The summed E-state index contributed by atoms with van der Waals surface area (Å²) >= 11 is 1.80. The Hall–Kier alpha value is -0.960. The summed E-state index contributed by atoms with van der Waals surface area (Å²) in [5.74, 6) is -0.385. The molecule has 16 heavy (non-hydrogen) atoms. The van der Waals surface area contributed by atoms with Gasteiger partial charge in [-0.1, -0.05) is 26.0 Å². The van der Waals surface area contributed by atoms with Gasteiger partial charge in [0.15, 0.2) is 0 Å². The number of rotatable bonds is 4. The fraction of sp³-hybridized carbons (Fsp3) is 0.462. The smallest absolute Gasteiger partial charge is 0.312 e. The molecule has 0 aliphatic rings. The molecule has 0 saturated carbocycles. The lowest BCUT2D eigenvalue weighted by Gasteiger charge is -2.11. The van der Waals surface area contributed by atoms with Crippen LogP contribution in [0.5, 0.6) is 0 Å². The first-order valence-corrected chi connectivity index (χ1v) is 6.27. The second kappa shape index (κ2) is 5.94. The highest BCUT2D eigenvalue weighted by molar-refractivity contribution is 7.99. The molecular weight excluding hydrogens is 220 g/mol. The van der Waals surface area contributed by atoms with Crippen LogP contribution in [-0.4, -0.2) is 18.3 Å². The van der Waals surface area contributed by atoms with E-state index < -0.39 is 0 Å². The Morgan fingerprint density at radius 2 is 2.00 bits per heavy atom. The maximum Gasteiger partial charge on any atom is 0.312 e. The van der Waals surface area contributed by atoms with Crippen LogP contribution in [0.15, 0.2) is 29.2 Å². The molecule has 0 fully saturated rings. The van der Waals surface area contributed by atoms with Crippen molar-refractivity contribution in [3.63, 3.8) is 0 Å². The molecule has 88 valence electrons. The van der Waals surface area contributed by atoms with Gasteiger partial charge in [-0.3, -0.25) is 4.79 Å². The normalized spacial score (nSPS) is 12.6. The minimum Gasteiger partial charge on any atom is -0.469 e. The van der Waals surface area contributed by atoms with Crippen LogP contribution in [-0.2, 0) is 9.53 Å². The molecule has 0 N–H and O–H groups in total. The zero-order valence-electron chi connectivity index (χ0n) is 10.2. The summed E-state index contributed by atoms with van der Waals surface area (Å²) in [5, 5.41) is 0.545. The van der Waals surface area contributed by atoms with Crippen molar-refractivity contribution in [3.8, 4) is 0 Å². The summed E-state index contributed by atoms with van der Waals surface area (Å²) < 4.78 is 4.74. The van der Waals surface area contributed by atoms with Crippen LogP contribution in [0.1, 0.15) is 32.3 Å². The molecule has 0 amide bonds. The van der Waals surface area contributed by atoms with Crippen molar-refractivity contribution < 1.29 is 9.53 Å². The zero-order chi connectivity index (χ0) is 12.1. The van der Waals surface area contributed by atoms with Crippen LogP contribution >= 0.6 is 11.8 Å². The number of carbonyl (C=O) groups is 1. The van der Waals surface area contributed by atoms with E-state index in [0.29, 0.717) is 5.25 Å². The Morgan fingerprint density at radius 3 is 2.56 bits per heavy atom. The van der Waals surface area contributed by atoms with Crippen molar-refractivity contribution in [3.05, 3.63) is 29.8 Å². The third kappa shape index (κ3) is 3.56. The molecule has 1 atom stereocenters. The van der Waals surface area contributed by atoms with Crippen LogP contribution in [0.25, 0.3) is 0 Å². The number of ether oxygens (including phenoxy) is 1. The van der Waals surface area contributed by atoms with E-state index in [1.165, 1.54) is 12.0 Å². The van der Waals surface area contributed by atoms with E-state index in [1.54, 1.807) is 11.8 Å². The van der Waals surface area contributed by atoms with Crippen molar-refractivity contribution in [1.29, 1.82) is 0 Å². The average Bonchev–Trinajstić information content (AvgIpc) is 2.26. The second-order valence-electron chi connectivity index (χ2n) is 3.98. The van der Waals surface area contributed by atoms with Crippen LogP contribution < -0.4 is 0 Å². The Bertz CT molecular complexity index is 361. The van der Waals surface area contributed by atoms with Gasteiger partial charge in [0, 0.05) is 10.1 Å². The van der Waals surface area contributed by atoms with Crippen molar-refractivity contribution in [1.82, 2.24) is 0 Å². The van der Waals surface area contributed by atoms with Gasteiger partial charge in [0.1, 0.15) is 0 Å². The number of esters is 1. The van der Waals surface area contributed by atoms with E-state index in [0.717, 1.165) is 5.56 Å². The molecule has 2 nitrogen and oxygen atoms in total. The lowest BCUT2D eigenvalue weighted by atomic mass is 10.0. The molecule has 0 aromatic heterocycles. The number of hydrogen-bond acceptors (Lipinski definition) is 3. The monoisotopic (exact) mass is 238 g/mol. The summed E-state index contributed by atoms with van der Waals surface area (Å²) in [6, 6.07) is 8.08. The Balaban J connectivity index is 2.85. The Labute approximate surface area is 101 Å². The van der Waals surface area contributed by atoms with Crippen molar-refractivity contribution in [2.24, 2.45) is 0 Å². The number of hydrogen-bond donors (Lipinski definition) is 0. The number of methoxy groups -OCH3 is 1. The molecule has 1 aromatic carbocycles. The molecule has 1 aromatic rings. The van der Waals surface area contributed by atoms with E-state index in [-0.39, 0.29) is 11.9 Å². The molecule has 0 saturated heterocycles. The molecule has 0 aliphatic heterocycles. The van der Waals surface area contributed by atoms with E-state index in [1.807, 2.05) is 19.1 Å². The molecule has 1 rings (SSSR count). The minimum atomic E-state index is -0.197. The van der Waals surface area contributed by atoms with Gasteiger partial charge < -0.3 is 4.74 Å². The van der Waals surface area contributed by atoms with E-state index in [2.05, 4.69) is 26.0 Å². The third-order valence-electron chi connectivity index (χ3n) is 2.28. The third-order valence-corrected chi connectivity index (χ3v) is 3.28. The molecule has 0 spiro atoms. The fourth-order valence-electron chi connectivity index (χ4n) is 1.44. The van der Waals surface area contributed by atoms with E-state index >= 15 is 0 Å². The summed E-state index contributed by atoms with van der Waals surface area (Å²) in [6.45, 7) is 6.17. The largest absolute Gasteiger partial charge is 0.469 e. The standard InChI is InChI=1S/C13H18O2S/c1-9(2)16-12-7-5-6-11(8-12)10(3)13(14)15-4/h5-10H,1-4H3. The van der Waals surface area contributed by atoms with Gasteiger partial charge in [0.25, 0.3) is 0 Å². The lowest BCUT2D eigenvalue weighted by Crippen LogP contribution is -2.10. The van der Waals surface area contributed by atoms with Gasteiger partial charge in [-0.2, -0.15) is 0 Å². The molecule has 3 heteroatoms. The van der Waals surface area contributed by atoms with Gasteiger partial charge in [-0.15, -0.1) is 11.8 Å². The molecular formula is C13H18O2S. The highest BCUT2D eigenvalue weighted by Gasteiger charge is 2.15. The number of carbonyl (C=O) groups excluding carboxylic acids is 1. The molecule has 0 radical (unpaired) electrons. The predicted molar refractivity (Wildman–Crippen MR) is 67.9 cm³/mol.